The van der Waals surface area contributed by atoms with Gasteiger partial charge in [-0.2, -0.15) is 0 Å². The van der Waals surface area contributed by atoms with Crippen molar-refractivity contribution in [3.8, 4) is 0 Å². The molecule has 0 bridgehead atoms. The van der Waals surface area contributed by atoms with Crippen LogP contribution < -0.4 is 0 Å². The molecule has 2 nitrogen and oxygen atoms in total. The van der Waals surface area contributed by atoms with Crippen molar-refractivity contribution < 1.29 is 9.53 Å². The summed E-state index contributed by atoms with van der Waals surface area (Å²) in [6.07, 6.45) is 25.4. The van der Waals surface area contributed by atoms with E-state index in [9.17, 15) is 4.79 Å². The van der Waals surface area contributed by atoms with E-state index >= 15 is 0 Å². The summed E-state index contributed by atoms with van der Waals surface area (Å²) in [5.74, 6) is 2.51. The van der Waals surface area contributed by atoms with Gasteiger partial charge in [0.1, 0.15) is 0 Å². The Balaban J connectivity index is 1.41. The minimum atomic E-state index is -0.188. The van der Waals surface area contributed by atoms with Crippen LogP contribution in [-0.2, 0) is 16.0 Å². The van der Waals surface area contributed by atoms with Crippen molar-refractivity contribution in [1.82, 2.24) is 0 Å². The minimum absolute atomic E-state index is 0.0737. The summed E-state index contributed by atoms with van der Waals surface area (Å²) in [7, 11) is 1.59. The first-order valence-corrected chi connectivity index (χ1v) is 15.8. The molecule has 0 N–H and O–H groups in total. The topological polar surface area (TPSA) is 26.3 Å². The molecule has 0 saturated heterocycles. The summed E-state index contributed by atoms with van der Waals surface area (Å²) < 4.78 is 5.32. The van der Waals surface area contributed by atoms with Gasteiger partial charge in [-0.3, -0.25) is 4.79 Å². The maximum Gasteiger partial charge on any atom is 0.311 e. The highest BCUT2D eigenvalue weighted by atomic mass is 16.5. The van der Waals surface area contributed by atoms with E-state index in [1.807, 2.05) is 0 Å². The van der Waals surface area contributed by atoms with Crippen LogP contribution in [0.5, 0.6) is 0 Å². The highest BCUT2D eigenvalue weighted by Crippen LogP contribution is 2.49. The number of hydrogen-bond acceptors (Lipinski definition) is 2. The van der Waals surface area contributed by atoms with E-state index in [1.165, 1.54) is 115 Å². The van der Waals surface area contributed by atoms with Crippen LogP contribution in [-0.4, -0.2) is 13.1 Å². The molecule has 0 atom stereocenters. The lowest BCUT2D eigenvalue weighted by Crippen LogP contribution is -2.38. The Labute approximate surface area is 223 Å². The number of hydrogen-bond donors (Lipinski definition) is 0. The zero-order valence-corrected chi connectivity index (χ0v) is 24.0. The molecule has 36 heavy (non-hydrogen) atoms. The lowest BCUT2D eigenvalue weighted by atomic mass is 9.62. The predicted octanol–water partition coefficient (Wildman–Crippen LogP) is 10.2. The number of benzene rings is 1. The molecule has 0 spiro atoms. The van der Waals surface area contributed by atoms with E-state index in [-0.39, 0.29) is 11.4 Å². The maximum absolute atomic E-state index is 12.8. The average molecular weight is 497 g/mol. The molecular weight excluding hydrogens is 440 g/mol. The first kappa shape index (κ1) is 29.2. The number of ether oxygens (including phenoxy) is 1. The summed E-state index contributed by atoms with van der Waals surface area (Å²) in [5, 5.41) is 0. The van der Waals surface area contributed by atoms with Crippen LogP contribution in [0.4, 0.5) is 0 Å². The van der Waals surface area contributed by atoms with Crippen LogP contribution in [0.3, 0.4) is 0 Å². The maximum atomic E-state index is 12.8. The number of rotatable bonds is 15. The molecule has 0 radical (unpaired) electrons. The summed E-state index contributed by atoms with van der Waals surface area (Å²) in [6.45, 7) is 4.55. The van der Waals surface area contributed by atoms with Crippen molar-refractivity contribution in [2.75, 3.05) is 7.11 Å². The smallest absolute Gasteiger partial charge is 0.311 e. The zero-order valence-electron chi connectivity index (χ0n) is 24.0. The van der Waals surface area contributed by atoms with Crippen LogP contribution >= 0.6 is 0 Å². The number of aryl methyl sites for hydroxylation is 1. The quantitative estimate of drug-likeness (QED) is 0.178. The molecule has 0 heterocycles. The van der Waals surface area contributed by atoms with Gasteiger partial charge in [0.2, 0.25) is 0 Å². The molecule has 2 heteroatoms. The highest BCUT2D eigenvalue weighted by molar-refractivity contribution is 5.76. The second-order valence-corrected chi connectivity index (χ2v) is 12.3. The summed E-state index contributed by atoms with van der Waals surface area (Å²) >= 11 is 0. The minimum Gasteiger partial charge on any atom is -0.469 e. The first-order chi connectivity index (χ1) is 17.6. The lowest BCUT2D eigenvalue weighted by Gasteiger charge is -2.42. The molecule has 0 aliphatic heterocycles. The van der Waals surface area contributed by atoms with Crippen molar-refractivity contribution >= 4 is 5.97 Å². The van der Waals surface area contributed by atoms with Crippen LogP contribution in [0.2, 0.25) is 0 Å². The van der Waals surface area contributed by atoms with Crippen LogP contribution in [0.1, 0.15) is 153 Å². The van der Waals surface area contributed by atoms with Crippen LogP contribution in [0.25, 0.3) is 0 Å². The lowest BCUT2D eigenvalue weighted by molar-refractivity contribution is -0.156. The molecule has 2 fully saturated rings. The van der Waals surface area contributed by atoms with Crippen molar-refractivity contribution in [2.45, 2.75) is 148 Å². The third kappa shape index (κ3) is 8.63. The molecular formula is C34H56O2. The van der Waals surface area contributed by atoms with Gasteiger partial charge in [0, 0.05) is 0 Å². The molecule has 0 amide bonds. The largest absolute Gasteiger partial charge is 0.469 e. The standard InChI is InChI=1S/C34H56O2/c1-4-6-8-10-12-14-28-15-17-29(18-16-28)30-19-21-31(22-20-30)32-23-26-34(27-24-32,33(35)36-3)25-13-11-9-7-5-2/h15-18,30-32H,4-14,19-27H2,1-3H3. The summed E-state index contributed by atoms with van der Waals surface area (Å²) in [4.78, 5) is 12.8. The van der Waals surface area contributed by atoms with Gasteiger partial charge in [-0.15, -0.1) is 0 Å². The summed E-state index contributed by atoms with van der Waals surface area (Å²) in [5.41, 5.74) is 2.90. The first-order valence-electron chi connectivity index (χ1n) is 15.8. The van der Waals surface area contributed by atoms with Gasteiger partial charge in [0.25, 0.3) is 0 Å². The Hall–Kier alpha value is -1.31. The Kier molecular flexibility index (Phi) is 12.9. The second kappa shape index (κ2) is 15.8. The fourth-order valence-corrected chi connectivity index (χ4v) is 7.32. The van der Waals surface area contributed by atoms with E-state index in [0.29, 0.717) is 0 Å². The average Bonchev–Trinajstić information content (AvgIpc) is 2.93. The van der Waals surface area contributed by atoms with Gasteiger partial charge >= 0.3 is 5.97 Å². The van der Waals surface area contributed by atoms with E-state index in [0.717, 1.165) is 37.0 Å². The van der Waals surface area contributed by atoms with Gasteiger partial charge in [0.05, 0.1) is 12.5 Å². The third-order valence-corrected chi connectivity index (χ3v) is 9.82. The number of carbonyl (C=O) groups excluding carboxylic acids is 1. The van der Waals surface area contributed by atoms with Gasteiger partial charge in [-0.05, 0) is 99.5 Å². The van der Waals surface area contributed by atoms with Gasteiger partial charge in [-0.1, -0.05) is 95.9 Å². The zero-order chi connectivity index (χ0) is 25.6. The van der Waals surface area contributed by atoms with Gasteiger partial charge in [-0.25, -0.2) is 0 Å². The van der Waals surface area contributed by atoms with Gasteiger partial charge in [0.15, 0.2) is 0 Å². The molecule has 1 aromatic rings. The number of esters is 1. The molecule has 0 unspecified atom stereocenters. The molecule has 2 saturated carbocycles. The van der Waals surface area contributed by atoms with E-state index in [4.69, 9.17) is 4.74 Å². The Morgan fingerprint density at radius 1 is 0.750 bits per heavy atom. The van der Waals surface area contributed by atoms with Crippen LogP contribution in [0, 0.1) is 17.3 Å². The molecule has 3 rings (SSSR count). The molecule has 1 aromatic carbocycles. The monoisotopic (exact) mass is 496 g/mol. The number of unbranched alkanes of at least 4 members (excludes halogenated alkanes) is 8. The van der Waals surface area contributed by atoms with E-state index < -0.39 is 0 Å². The van der Waals surface area contributed by atoms with Crippen molar-refractivity contribution in [1.29, 1.82) is 0 Å². The molecule has 0 aromatic heterocycles. The van der Waals surface area contributed by atoms with Crippen molar-refractivity contribution in [2.24, 2.45) is 17.3 Å². The van der Waals surface area contributed by atoms with Gasteiger partial charge < -0.3 is 4.74 Å². The predicted molar refractivity (Wildman–Crippen MR) is 153 cm³/mol. The highest BCUT2D eigenvalue weighted by Gasteiger charge is 2.43. The Morgan fingerprint density at radius 2 is 1.31 bits per heavy atom. The number of methoxy groups -OCH3 is 1. The second-order valence-electron chi connectivity index (χ2n) is 12.3. The third-order valence-electron chi connectivity index (χ3n) is 9.82. The van der Waals surface area contributed by atoms with Crippen molar-refractivity contribution in [3.63, 3.8) is 0 Å². The fraction of sp³-hybridized carbons (Fsp3) is 0.794. The molecule has 204 valence electrons. The van der Waals surface area contributed by atoms with Crippen LogP contribution in [0.15, 0.2) is 24.3 Å². The number of carbonyl (C=O) groups is 1. The normalized spacial score (nSPS) is 26.6. The fourth-order valence-electron chi connectivity index (χ4n) is 7.32. The Bertz CT molecular complexity index is 720. The van der Waals surface area contributed by atoms with E-state index in [2.05, 4.69) is 38.1 Å². The SMILES string of the molecule is CCCCCCCc1ccc(C2CCC(C3CCC(CCCCCCC)(C(=O)OC)CC3)CC2)cc1. The molecule has 2 aliphatic carbocycles. The summed E-state index contributed by atoms with van der Waals surface area (Å²) in [6, 6.07) is 9.66. The van der Waals surface area contributed by atoms with E-state index in [1.54, 1.807) is 12.7 Å². The molecule has 2 aliphatic rings. The Morgan fingerprint density at radius 3 is 1.89 bits per heavy atom. The van der Waals surface area contributed by atoms with Crippen molar-refractivity contribution in [3.05, 3.63) is 35.4 Å².